The number of thiophene rings is 3. The Labute approximate surface area is 532 Å². The molecule has 0 spiro atoms. The number of rotatable bonds is 16. The lowest BCUT2D eigenvalue weighted by atomic mass is 9.84. The van der Waals surface area contributed by atoms with Crippen molar-refractivity contribution in [1.82, 2.24) is 30.9 Å². The van der Waals surface area contributed by atoms with Gasteiger partial charge in [0.25, 0.3) is 24.1 Å². The summed E-state index contributed by atoms with van der Waals surface area (Å²) in [4.78, 5) is 59.4. The number of aromatic nitrogens is 3. The van der Waals surface area contributed by atoms with Gasteiger partial charge in [-0.15, -0.1) is 34.0 Å². The van der Waals surface area contributed by atoms with Crippen LogP contribution in [0.5, 0.6) is 0 Å². The number of carbonyl (C=O) groups excluding carboxylic acids is 3. The number of amides is 3. The lowest BCUT2D eigenvalue weighted by Crippen LogP contribution is -2.36. The summed E-state index contributed by atoms with van der Waals surface area (Å²) >= 11 is 3.78. The molecule has 2 aliphatic heterocycles. The van der Waals surface area contributed by atoms with Crippen LogP contribution in [0.4, 0.5) is 37.2 Å². The van der Waals surface area contributed by atoms with Gasteiger partial charge in [-0.25, -0.2) is 23.7 Å². The molecule has 2 atom stereocenters. The van der Waals surface area contributed by atoms with Crippen molar-refractivity contribution >= 4 is 111 Å². The lowest BCUT2D eigenvalue weighted by Gasteiger charge is -2.33. The summed E-state index contributed by atoms with van der Waals surface area (Å²) in [6.45, 7) is 11.8. The lowest BCUT2D eigenvalue weighted by molar-refractivity contribution is 0.0950. The molecule has 2 unspecified atom stereocenters. The van der Waals surface area contributed by atoms with Gasteiger partial charge >= 0.3 is 0 Å². The number of benzene rings is 3. The van der Waals surface area contributed by atoms with Crippen molar-refractivity contribution in [1.29, 1.82) is 0 Å². The number of halogens is 2. The molecule has 8 heterocycles. The third-order valence-electron chi connectivity index (χ3n) is 17.9. The maximum absolute atomic E-state index is 13.4. The quantitative estimate of drug-likeness (QED) is 0.0536. The van der Waals surface area contributed by atoms with Crippen LogP contribution in [0, 0.1) is 32.6 Å². The minimum Gasteiger partial charge on any atom is -0.397 e. The molecule has 13 rings (SSSR count). The number of carbonyl (C=O) groups is 3. The van der Waals surface area contributed by atoms with Crippen LogP contribution in [0.2, 0.25) is 0 Å². The molecule has 3 amide bonds. The number of hydrogen-bond donors (Lipinski definition) is 6. The second kappa shape index (κ2) is 28.8. The highest BCUT2D eigenvalue weighted by molar-refractivity contribution is 7.22. The number of anilines is 5. The number of alkyl halides is 2. The van der Waals surface area contributed by atoms with Gasteiger partial charge in [0.2, 0.25) is 0 Å². The molecule has 2 saturated carbocycles. The van der Waals surface area contributed by atoms with Gasteiger partial charge in [-0.2, -0.15) is 0 Å². The summed E-state index contributed by atoms with van der Waals surface area (Å²) in [5.74, 6) is 1.92. The predicted octanol–water partition coefficient (Wildman–Crippen LogP) is 14.7. The standard InChI is InChI=1S/C24H28N4OS.C23H26F2N4OS.C23H27N3OS/c1-15-2-9-20-21(25)22(30-24(20)27-15)23(29)26-11-10-16-5-7-19(8-6-16)28-13-17-3-4-18(12-17)14-28;1-14-13-17(21(24)25)18-19(26)20(31-23(18)28-14)22(30)27-10-9-15-5-7-16(8-6-15)29-11-3-2-4-12-29;1-15-7-12-19-20(24)21(28-23(19)26-15)22(27)25-14-13-16-8-10-18(11-9-16)17-5-3-2-4-6-17/h2,5-9,17-18H,3-4,10-14,25H2,1H3,(H,26,29);5-8,13,21H,2-4,9-12,26H2,1H3,(H,27,30);7-12,17H,2-6,13-14,24H2,1H3,(H,25,27). The smallest absolute Gasteiger partial charge is 0.264 e. The summed E-state index contributed by atoms with van der Waals surface area (Å²) in [6.07, 6.45) is 14.4. The Balaban J connectivity index is 0.000000138. The van der Waals surface area contributed by atoms with Crippen molar-refractivity contribution in [3.8, 4) is 0 Å². The second-order valence-electron chi connectivity index (χ2n) is 24.4. The summed E-state index contributed by atoms with van der Waals surface area (Å²) in [6, 6.07) is 35.3. The molecule has 2 aliphatic carbocycles. The normalized spacial score (nSPS) is 16.7. The average molecular weight is 1260 g/mol. The van der Waals surface area contributed by atoms with E-state index in [0.29, 0.717) is 57.7 Å². The van der Waals surface area contributed by atoms with Gasteiger partial charge in [0.15, 0.2) is 0 Å². The Kier molecular flexibility index (Phi) is 20.4. The molecule has 4 fully saturated rings. The zero-order chi connectivity index (χ0) is 62.1. The van der Waals surface area contributed by atoms with Gasteiger partial charge in [0, 0.05) is 96.0 Å². The first-order valence-electron chi connectivity index (χ1n) is 31.5. The summed E-state index contributed by atoms with van der Waals surface area (Å²) in [5, 5.41) is 10.8. The molecule has 4 aliphatic rings. The van der Waals surface area contributed by atoms with E-state index in [0.717, 1.165) is 92.4 Å². The van der Waals surface area contributed by atoms with Crippen molar-refractivity contribution in [2.75, 3.05) is 72.8 Å². The Morgan fingerprint density at radius 1 is 0.517 bits per heavy atom. The number of nitrogens with two attached hydrogens (primary N) is 3. The number of pyridine rings is 3. The van der Waals surface area contributed by atoms with Crippen LogP contribution in [0.1, 0.15) is 157 Å². The van der Waals surface area contributed by atoms with Gasteiger partial charge in [-0.1, -0.05) is 67.8 Å². The van der Waals surface area contributed by atoms with Crippen molar-refractivity contribution in [2.45, 2.75) is 123 Å². The Hall–Kier alpha value is -7.74. The second-order valence-corrected chi connectivity index (χ2v) is 27.4. The first kappa shape index (κ1) is 62.9. The van der Waals surface area contributed by atoms with E-state index < -0.39 is 6.43 Å². The first-order valence-corrected chi connectivity index (χ1v) is 34.0. The van der Waals surface area contributed by atoms with Crippen LogP contribution in [0.15, 0.2) is 103 Å². The Bertz CT molecular complexity index is 3920. The number of nitrogens with zero attached hydrogens (tertiary/aromatic N) is 5. The van der Waals surface area contributed by atoms with Crippen molar-refractivity contribution in [3.05, 3.63) is 163 Å². The molecule has 3 aromatic carbocycles. The fraction of sp³-hybridized carbons (Fsp3) is 0.400. The van der Waals surface area contributed by atoms with E-state index in [1.165, 1.54) is 141 Å². The Morgan fingerprint density at radius 3 is 1.43 bits per heavy atom. The van der Waals surface area contributed by atoms with E-state index in [2.05, 4.69) is 113 Å². The van der Waals surface area contributed by atoms with Crippen LogP contribution in [0.25, 0.3) is 30.6 Å². The molecule has 19 heteroatoms. The third-order valence-corrected chi connectivity index (χ3v) is 21.2. The molecule has 6 aromatic heterocycles. The van der Waals surface area contributed by atoms with Gasteiger partial charge < -0.3 is 43.0 Å². The van der Waals surface area contributed by atoms with Crippen LogP contribution in [-0.4, -0.2) is 78.5 Å². The van der Waals surface area contributed by atoms with Crippen LogP contribution in [0.3, 0.4) is 0 Å². The van der Waals surface area contributed by atoms with E-state index in [1.807, 2.05) is 38.1 Å². The van der Waals surface area contributed by atoms with Crippen LogP contribution in [-0.2, 0) is 19.3 Å². The highest BCUT2D eigenvalue weighted by Gasteiger charge is 2.33. The zero-order valence-electron chi connectivity index (χ0n) is 51.1. The van der Waals surface area contributed by atoms with Crippen molar-refractivity contribution < 1.29 is 23.2 Å². The van der Waals surface area contributed by atoms with E-state index >= 15 is 0 Å². The molecule has 466 valence electrons. The predicted molar refractivity (Wildman–Crippen MR) is 364 cm³/mol. The molecule has 89 heavy (non-hydrogen) atoms. The summed E-state index contributed by atoms with van der Waals surface area (Å²) in [7, 11) is 0. The number of fused-ring (bicyclic) bond motifs is 5. The summed E-state index contributed by atoms with van der Waals surface area (Å²) in [5.41, 5.74) is 29.4. The summed E-state index contributed by atoms with van der Waals surface area (Å²) < 4.78 is 26.8. The van der Waals surface area contributed by atoms with Crippen LogP contribution >= 0.6 is 34.0 Å². The minimum absolute atomic E-state index is 0.0752. The molecule has 9 aromatic rings. The fourth-order valence-electron chi connectivity index (χ4n) is 13.0. The van der Waals surface area contributed by atoms with Crippen molar-refractivity contribution in [3.63, 3.8) is 0 Å². The largest absolute Gasteiger partial charge is 0.397 e. The topological polar surface area (TPSA) is 211 Å². The van der Waals surface area contributed by atoms with E-state index in [4.69, 9.17) is 17.2 Å². The maximum Gasteiger partial charge on any atom is 0.264 e. The number of piperidine rings is 2. The van der Waals surface area contributed by atoms with E-state index in [9.17, 15) is 23.2 Å². The van der Waals surface area contributed by atoms with E-state index in [-0.39, 0.29) is 39.2 Å². The van der Waals surface area contributed by atoms with Gasteiger partial charge in [0.1, 0.15) is 29.1 Å². The minimum atomic E-state index is -2.68. The molecule has 2 bridgehead atoms. The number of hydrogen-bond acceptors (Lipinski definition) is 14. The maximum atomic E-state index is 13.4. The average Bonchev–Trinajstić information content (AvgIpc) is 2.53. The SMILES string of the molecule is Cc1cc(C(F)F)c2c(N)c(C(=O)NCCc3ccc(N4CCCCC4)cc3)sc2n1.Cc1ccc2c(N)c(C(=O)NCCc3ccc(C4CCCCC4)cc3)sc2n1.Cc1ccc2c(N)c(C(=O)NCCc3ccc(N4CC5CCC(C5)C4)cc3)sc2n1. The first-order chi connectivity index (χ1) is 43.1. The van der Waals surface area contributed by atoms with Crippen molar-refractivity contribution in [2.24, 2.45) is 11.8 Å². The monoisotopic (exact) mass is 1260 g/mol. The van der Waals surface area contributed by atoms with Gasteiger partial charge in [-0.05, 0) is 186 Å². The van der Waals surface area contributed by atoms with Gasteiger partial charge in [-0.3, -0.25) is 14.4 Å². The van der Waals surface area contributed by atoms with Crippen LogP contribution < -0.4 is 43.0 Å². The third kappa shape index (κ3) is 15.3. The number of nitrogen functional groups attached to an aromatic ring is 3. The van der Waals surface area contributed by atoms with Gasteiger partial charge in [0.05, 0.1) is 17.1 Å². The Morgan fingerprint density at radius 2 is 0.944 bits per heavy atom. The molecule has 0 radical (unpaired) electrons. The molecular formula is C70H81F2N11O3S3. The molecule has 2 saturated heterocycles. The highest BCUT2D eigenvalue weighted by atomic mass is 32.1. The highest BCUT2D eigenvalue weighted by Crippen LogP contribution is 2.41. The fourth-order valence-corrected chi connectivity index (χ4v) is 16.2. The molecular weight excluding hydrogens is 1180 g/mol. The molecule has 14 nitrogen and oxygen atoms in total. The number of nitrogens with one attached hydrogen (secondary N) is 3. The van der Waals surface area contributed by atoms with E-state index in [1.54, 1.807) is 6.92 Å². The number of aryl methyl sites for hydroxylation is 3. The zero-order valence-corrected chi connectivity index (χ0v) is 53.6. The molecule has 9 N–H and O–H groups in total.